The van der Waals surface area contributed by atoms with Crippen molar-refractivity contribution in [3.05, 3.63) is 48.9 Å². The van der Waals surface area contributed by atoms with Crippen LogP contribution in [0.2, 0.25) is 0 Å². The maximum Gasteiger partial charge on any atom is 0.224 e. The van der Waals surface area contributed by atoms with Crippen LogP contribution in [0.1, 0.15) is 19.3 Å². The van der Waals surface area contributed by atoms with E-state index in [1.165, 1.54) is 0 Å². The number of benzene rings is 1. The van der Waals surface area contributed by atoms with Gasteiger partial charge in [0.05, 0.1) is 12.1 Å². The second-order valence-electron chi connectivity index (χ2n) is 6.93. The highest BCUT2D eigenvalue weighted by Gasteiger charge is 2.36. The number of rotatable bonds is 4. The summed E-state index contributed by atoms with van der Waals surface area (Å²) in [5, 5.41) is 5.06. The molecule has 0 bridgehead atoms. The minimum absolute atomic E-state index is 0.268. The number of H-pyrrole nitrogens is 1. The van der Waals surface area contributed by atoms with Crippen molar-refractivity contribution in [2.45, 2.75) is 24.9 Å². The summed E-state index contributed by atoms with van der Waals surface area (Å²) in [5.41, 5.74) is 2.73. The van der Waals surface area contributed by atoms with Crippen molar-refractivity contribution in [1.82, 2.24) is 19.9 Å². The summed E-state index contributed by atoms with van der Waals surface area (Å²) in [7, 11) is 0. The summed E-state index contributed by atoms with van der Waals surface area (Å²) in [4.78, 5) is 16.4. The van der Waals surface area contributed by atoms with E-state index in [1.54, 1.807) is 12.4 Å². The zero-order chi connectivity index (χ0) is 17.6. The standard InChI is InChI=1S/C20H18FN5/c21-20(6-2-7-20)12-25-19-24-11-16-15(10-23-18(16)26-19)13-4-5-17-14(9-13)3-1-8-22-17/h1,3-5,8-11H,2,6-7,12H2,(H2,23,24,25,26). The van der Waals surface area contributed by atoms with Gasteiger partial charge in [0.15, 0.2) is 0 Å². The lowest BCUT2D eigenvalue weighted by Gasteiger charge is -2.33. The first-order valence-electron chi connectivity index (χ1n) is 8.82. The molecule has 5 nitrogen and oxygen atoms in total. The Hall–Kier alpha value is -3.02. The summed E-state index contributed by atoms with van der Waals surface area (Å²) in [5.74, 6) is 0.456. The molecule has 0 radical (unpaired) electrons. The molecule has 1 aliphatic rings. The molecule has 1 saturated carbocycles. The van der Waals surface area contributed by atoms with Gasteiger partial charge in [-0.3, -0.25) is 4.98 Å². The lowest BCUT2D eigenvalue weighted by Crippen LogP contribution is -2.39. The number of nitrogens with zero attached hydrogens (tertiary/aromatic N) is 3. The monoisotopic (exact) mass is 347 g/mol. The fourth-order valence-electron chi connectivity index (χ4n) is 3.45. The van der Waals surface area contributed by atoms with Crippen LogP contribution in [0.15, 0.2) is 48.9 Å². The van der Waals surface area contributed by atoms with Gasteiger partial charge in [-0.2, -0.15) is 4.98 Å². The number of alkyl halides is 1. The van der Waals surface area contributed by atoms with Crippen LogP contribution in [0.4, 0.5) is 10.3 Å². The fraction of sp³-hybridized carbons (Fsp3) is 0.250. The Morgan fingerprint density at radius 3 is 2.96 bits per heavy atom. The van der Waals surface area contributed by atoms with Gasteiger partial charge in [0.2, 0.25) is 5.95 Å². The van der Waals surface area contributed by atoms with Gasteiger partial charge in [-0.25, -0.2) is 9.37 Å². The van der Waals surface area contributed by atoms with Gasteiger partial charge >= 0.3 is 0 Å². The first kappa shape index (κ1) is 15.3. The number of aromatic amines is 1. The second kappa shape index (κ2) is 5.76. The molecule has 4 aromatic rings. The van der Waals surface area contributed by atoms with E-state index in [4.69, 9.17) is 0 Å². The predicted octanol–water partition coefficient (Wildman–Crippen LogP) is 4.48. The van der Waals surface area contributed by atoms with Crippen molar-refractivity contribution in [3.63, 3.8) is 0 Å². The highest BCUT2D eigenvalue weighted by atomic mass is 19.1. The molecule has 1 aromatic carbocycles. The predicted molar refractivity (Wildman–Crippen MR) is 101 cm³/mol. The molecule has 1 aliphatic carbocycles. The Kier molecular flexibility index (Phi) is 3.38. The number of hydrogen-bond acceptors (Lipinski definition) is 4. The van der Waals surface area contributed by atoms with Crippen LogP contribution in [-0.2, 0) is 0 Å². The first-order valence-corrected chi connectivity index (χ1v) is 8.82. The molecule has 26 heavy (non-hydrogen) atoms. The fourth-order valence-corrected chi connectivity index (χ4v) is 3.45. The molecular weight excluding hydrogens is 329 g/mol. The molecular formula is C20H18FN5. The summed E-state index contributed by atoms with van der Waals surface area (Å²) in [6.45, 7) is 0.268. The van der Waals surface area contributed by atoms with Gasteiger partial charge in [0.25, 0.3) is 0 Å². The summed E-state index contributed by atoms with van der Waals surface area (Å²) < 4.78 is 14.1. The van der Waals surface area contributed by atoms with Crippen LogP contribution in [-0.4, -0.2) is 32.1 Å². The number of aromatic nitrogens is 4. The Morgan fingerprint density at radius 2 is 2.12 bits per heavy atom. The third-order valence-electron chi connectivity index (χ3n) is 5.16. The zero-order valence-corrected chi connectivity index (χ0v) is 14.2. The third kappa shape index (κ3) is 2.58. The molecule has 0 aliphatic heterocycles. The Morgan fingerprint density at radius 1 is 1.19 bits per heavy atom. The average molecular weight is 347 g/mol. The lowest BCUT2D eigenvalue weighted by atomic mass is 9.82. The number of halogens is 1. The van der Waals surface area contributed by atoms with Crippen molar-refractivity contribution in [1.29, 1.82) is 0 Å². The van der Waals surface area contributed by atoms with E-state index in [2.05, 4.69) is 31.3 Å². The van der Waals surface area contributed by atoms with Gasteiger partial charge in [0, 0.05) is 34.9 Å². The van der Waals surface area contributed by atoms with E-state index in [-0.39, 0.29) is 6.54 Å². The van der Waals surface area contributed by atoms with Crippen molar-refractivity contribution in [3.8, 4) is 11.1 Å². The topological polar surface area (TPSA) is 66.5 Å². The normalized spacial score (nSPS) is 15.9. The van der Waals surface area contributed by atoms with E-state index in [1.807, 2.05) is 30.5 Å². The summed E-state index contributed by atoms with van der Waals surface area (Å²) in [6.07, 6.45) is 7.71. The average Bonchev–Trinajstić information content (AvgIpc) is 3.07. The Bertz CT molecular complexity index is 1100. The van der Waals surface area contributed by atoms with Gasteiger partial charge in [-0.05, 0) is 43.0 Å². The number of fused-ring (bicyclic) bond motifs is 2. The van der Waals surface area contributed by atoms with Crippen LogP contribution in [0, 0.1) is 0 Å². The largest absolute Gasteiger partial charge is 0.351 e. The molecule has 5 rings (SSSR count). The van der Waals surface area contributed by atoms with Gasteiger partial charge in [-0.1, -0.05) is 12.1 Å². The molecule has 3 heterocycles. The van der Waals surface area contributed by atoms with Crippen LogP contribution in [0.25, 0.3) is 33.1 Å². The first-order chi connectivity index (χ1) is 12.7. The highest BCUT2D eigenvalue weighted by molar-refractivity contribution is 5.96. The van der Waals surface area contributed by atoms with E-state index < -0.39 is 5.67 Å². The Balaban J connectivity index is 1.46. The van der Waals surface area contributed by atoms with Gasteiger partial charge in [-0.15, -0.1) is 0 Å². The van der Waals surface area contributed by atoms with Crippen LogP contribution in [0.3, 0.4) is 0 Å². The van der Waals surface area contributed by atoms with Crippen molar-refractivity contribution >= 4 is 27.9 Å². The van der Waals surface area contributed by atoms with Crippen LogP contribution in [0.5, 0.6) is 0 Å². The van der Waals surface area contributed by atoms with Crippen molar-refractivity contribution in [2.75, 3.05) is 11.9 Å². The maximum atomic E-state index is 14.1. The SMILES string of the molecule is FC1(CNc2ncc3c(-c4ccc5ncccc5c4)c[nH]c3n2)CCC1. The van der Waals surface area contributed by atoms with Gasteiger partial charge in [0.1, 0.15) is 11.3 Å². The molecule has 1 fully saturated rings. The number of pyridine rings is 1. The number of hydrogen-bond donors (Lipinski definition) is 2. The second-order valence-corrected chi connectivity index (χ2v) is 6.93. The molecule has 0 saturated heterocycles. The molecule has 0 amide bonds. The van der Waals surface area contributed by atoms with E-state index in [0.29, 0.717) is 18.8 Å². The highest BCUT2D eigenvalue weighted by Crippen LogP contribution is 2.35. The van der Waals surface area contributed by atoms with E-state index >= 15 is 0 Å². The molecule has 0 unspecified atom stereocenters. The molecule has 2 N–H and O–H groups in total. The zero-order valence-electron chi connectivity index (χ0n) is 14.2. The summed E-state index contributed by atoms with van der Waals surface area (Å²) >= 11 is 0. The number of anilines is 1. The minimum Gasteiger partial charge on any atom is -0.351 e. The smallest absolute Gasteiger partial charge is 0.224 e. The van der Waals surface area contributed by atoms with Crippen molar-refractivity contribution in [2.24, 2.45) is 0 Å². The number of nitrogens with one attached hydrogen (secondary N) is 2. The summed E-state index contributed by atoms with van der Waals surface area (Å²) in [6, 6.07) is 10.2. The van der Waals surface area contributed by atoms with Crippen LogP contribution < -0.4 is 5.32 Å². The molecule has 0 atom stereocenters. The minimum atomic E-state index is -1.10. The molecule has 0 spiro atoms. The molecule has 130 valence electrons. The van der Waals surface area contributed by atoms with Crippen LogP contribution >= 0.6 is 0 Å². The molecule has 6 heteroatoms. The maximum absolute atomic E-state index is 14.1. The van der Waals surface area contributed by atoms with E-state index in [0.717, 1.165) is 39.5 Å². The van der Waals surface area contributed by atoms with Crippen molar-refractivity contribution < 1.29 is 4.39 Å². The lowest BCUT2D eigenvalue weighted by molar-refractivity contribution is 0.0782. The third-order valence-corrected chi connectivity index (χ3v) is 5.16. The quantitative estimate of drug-likeness (QED) is 0.571. The molecule has 3 aromatic heterocycles. The van der Waals surface area contributed by atoms with E-state index in [9.17, 15) is 4.39 Å². The Labute approximate surface area is 149 Å². The van der Waals surface area contributed by atoms with Gasteiger partial charge < -0.3 is 10.3 Å².